The summed E-state index contributed by atoms with van der Waals surface area (Å²) in [6, 6.07) is 3.41. The number of hydrogen-bond acceptors (Lipinski definition) is 2. The number of rotatable bonds is 1. The quantitative estimate of drug-likeness (QED) is 0.616. The zero-order valence-electron chi connectivity index (χ0n) is 6.62. The summed E-state index contributed by atoms with van der Waals surface area (Å²) in [4.78, 5) is -1.13. The molecule has 0 aliphatic heterocycles. The summed E-state index contributed by atoms with van der Waals surface area (Å²) in [6.07, 6.45) is -4.80. The first-order valence-corrected chi connectivity index (χ1v) is 4.80. The molecule has 0 amide bonds. The van der Waals surface area contributed by atoms with E-state index in [0.29, 0.717) is 12.1 Å². The van der Waals surface area contributed by atoms with Crippen LogP contribution < -0.4 is 0 Å². The second-order valence-corrected chi connectivity index (χ2v) is 3.86. The van der Waals surface area contributed by atoms with Crippen LogP contribution in [-0.4, -0.2) is 64.4 Å². The molecule has 15 heavy (non-hydrogen) atoms. The first kappa shape index (κ1) is 15.6. The van der Waals surface area contributed by atoms with Crippen molar-refractivity contribution in [1.29, 1.82) is 0 Å². The molecule has 1 aromatic rings. The minimum atomic E-state index is -4.84. The molecule has 0 radical (unpaired) electrons. The molecule has 0 spiro atoms. The van der Waals surface area contributed by atoms with Crippen molar-refractivity contribution in [1.82, 2.24) is 0 Å². The van der Waals surface area contributed by atoms with E-state index in [9.17, 15) is 21.6 Å². The van der Waals surface area contributed by atoms with Crippen molar-refractivity contribution in [2.45, 2.75) is 11.1 Å². The van der Waals surface area contributed by atoms with Gasteiger partial charge in [-0.25, -0.2) is 0 Å². The predicted molar refractivity (Wildman–Crippen MR) is 48.4 cm³/mol. The molecular formula is C7H6F3KO3S. The maximum absolute atomic E-state index is 12.2. The molecule has 1 rings (SSSR count). The van der Waals surface area contributed by atoms with Gasteiger partial charge in [0, 0.05) is 0 Å². The van der Waals surface area contributed by atoms with E-state index in [1.54, 1.807) is 0 Å². The van der Waals surface area contributed by atoms with Crippen LogP contribution in [0.3, 0.4) is 0 Å². The van der Waals surface area contributed by atoms with E-state index in [-0.39, 0.29) is 51.4 Å². The Hall–Kier alpha value is 0.556. The number of halogens is 3. The van der Waals surface area contributed by atoms with Gasteiger partial charge in [-0.1, -0.05) is 12.1 Å². The minimum absolute atomic E-state index is 0. The Morgan fingerprint density at radius 1 is 1.13 bits per heavy atom. The van der Waals surface area contributed by atoms with Gasteiger partial charge in [0.05, 0.1) is 5.56 Å². The van der Waals surface area contributed by atoms with E-state index in [2.05, 4.69) is 0 Å². The van der Waals surface area contributed by atoms with Crippen molar-refractivity contribution in [3.05, 3.63) is 29.8 Å². The van der Waals surface area contributed by atoms with Crippen LogP contribution in [0.25, 0.3) is 0 Å². The summed E-state index contributed by atoms with van der Waals surface area (Å²) in [5.41, 5.74) is -1.37. The van der Waals surface area contributed by atoms with Gasteiger partial charge in [0.25, 0.3) is 10.1 Å². The Morgan fingerprint density at radius 2 is 1.60 bits per heavy atom. The zero-order chi connectivity index (χ0) is 11.0. The molecule has 3 nitrogen and oxygen atoms in total. The average molecular weight is 266 g/mol. The fraction of sp³-hybridized carbons (Fsp3) is 0.143. The van der Waals surface area contributed by atoms with Crippen LogP contribution in [0.2, 0.25) is 0 Å². The molecule has 0 bridgehead atoms. The molecule has 0 fully saturated rings. The molecule has 0 aliphatic rings. The third-order valence-electron chi connectivity index (χ3n) is 1.47. The van der Waals surface area contributed by atoms with Crippen LogP contribution in [0.5, 0.6) is 0 Å². The molecule has 80 valence electrons. The molecule has 0 saturated carbocycles. The fourth-order valence-electron chi connectivity index (χ4n) is 0.926. The van der Waals surface area contributed by atoms with Crippen molar-refractivity contribution in [2.24, 2.45) is 0 Å². The van der Waals surface area contributed by atoms with Crippen LogP contribution in [0.4, 0.5) is 13.2 Å². The monoisotopic (exact) mass is 266 g/mol. The Labute approximate surface area is 127 Å². The maximum atomic E-state index is 12.2. The van der Waals surface area contributed by atoms with Crippen molar-refractivity contribution in [3.8, 4) is 0 Å². The van der Waals surface area contributed by atoms with Gasteiger partial charge < -0.3 is 0 Å². The molecule has 0 unspecified atom stereocenters. The molecule has 0 saturated heterocycles. The number of alkyl halides is 3. The van der Waals surface area contributed by atoms with Gasteiger partial charge in [0.2, 0.25) is 0 Å². The van der Waals surface area contributed by atoms with Crippen LogP contribution in [-0.2, 0) is 16.3 Å². The van der Waals surface area contributed by atoms with Crippen LogP contribution in [0.15, 0.2) is 29.2 Å². The first-order valence-electron chi connectivity index (χ1n) is 3.36. The van der Waals surface area contributed by atoms with Crippen molar-refractivity contribution in [2.75, 3.05) is 0 Å². The van der Waals surface area contributed by atoms with Gasteiger partial charge in [0.15, 0.2) is 0 Å². The van der Waals surface area contributed by atoms with E-state index in [0.717, 1.165) is 12.1 Å². The Balaban J connectivity index is 0.00000196. The van der Waals surface area contributed by atoms with Gasteiger partial charge in [-0.2, -0.15) is 21.6 Å². The van der Waals surface area contributed by atoms with Crippen molar-refractivity contribution < 1.29 is 26.1 Å². The van der Waals surface area contributed by atoms with Gasteiger partial charge in [-0.3, -0.25) is 4.55 Å². The van der Waals surface area contributed by atoms with Gasteiger partial charge in [-0.15, -0.1) is 0 Å². The van der Waals surface area contributed by atoms with Crippen LogP contribution in [0, 0.1) is 0 Å². The third kappa shape index (κ3) is 4.14. The van der Waals surface area contributed by atoms with Gasteiger partial charge in [-0.05, 0) is 12.1 Å². The SMILES string of the molecule is O=S(=O)(O)c1ccccc1C(F)(F)F.[KH]. The summed E-state index contributed by atoms with van der Waals surface area (Å²) in [7, 11) is -4.84. The normalized spacial score (nSPS) is 12.0. The fourth-order valence-corrected chi connectivity index (χ4v) is 1.64. The molecule has 8 heteroatoms. The summed E-state index contributed by atoms with van der Waals surface area (Å²) in [5, 5.41) is 0. The molecular weight excluding hydrogens is 260 g/mol. The second kappa shape index (κ2) is 5.26. The number of hydrogen-bond donors (Lipinski definition) is 1. The number of benzene rings is 1. The molecule has 0 aliphatic carbocycles. The van der Waals surface area contributed by atoms with Gasteiger partial charge >= 0.3 is 57.6 Å². The summed E-state index contributed by atoms with van der Waals surface area (Å²) in [6.45, 7) is 0. The van der Waals surface area contributed by atoms with E-state index in [1.165, 1.54) is 0 Å². The molecule has 1 N–H and O–H groups in total. The summed E-state index contributed by atoms with van der Waals surface area (Å²) in [5.74, 6) is 0. The van der Waals surface area contributed by atoms with E-state index < -0.39 is 26.8 Å². The third-order valence-corrected chi connectivity index (χ3v) is 2.38. The molecule has 0 atom stereocenters. The van der Waals surface area contributed by atoms with E-state index >= 15 is 0 Å². The molecule has 0 heterocycles. The second-order valence-electron chi connectivity index (χ2n) is 2.47. The van der Waals surface area contributed by atoms with E-state index in [4.69, 9.17) is 4.55 Å². The summed E-state index contributed by atoms with van der Waals surface area (Å²) < 4.78 is 66.2. The first-order chi connectivity index (χ1) is 6.23. The Morgan fingerprint density at radius 3 is 1.93 bits per heavy atom. The van der Waals surface area contributed by atoms with E-state index in [1.807, 2.05) is 0 Å². The standard InChI is InChI=1S/C7H5F3O3S.K.H/c8-7(9,10)5-3-1-2-4-6(5)14(11,12)13;;/h1-4H,(H,11,12,13);;. The summed E-state index contributed by atoms with van der Waals surface area (Å²) >= 11 is 0. The van der Waals surface area contributed by atoms with Crippen LogP contribution in [0.1, 0.15) is 5.56 Å². The van der Waals surface area contributed by atoms with Gasteiger partial charge in [0.1, 0.15) is 4.90 Å². The Kier molecular flexibility index (Phi) is 5.45. The van der Waals surface area contributed by atoms with Crippen molar-refractivity contribution >= 4 is 61.5 Å². The van der Waals surface area contributed by atoms with Crippen molar-refractivity contribution in [3.63, 3.8) is 0 Å². The molecule has 1 aromatic carbocycles. The predicted octanol–water partition coefficient (Wildman–Crippen LogP) is 1.30. The molecule has 0 aromatic heterocycles. The Bertz CT molecular complexity index is 441. The van der Waals surface area contributed by atoms with Crippen LogP contribution >= 0.6 is 0 Å². The average Bonchev–Trinajstić information content (AvgIpc) is 2.01. The topological polar surface area (TPSA) is 54.4 Å². The zero-order valence-corrected chi connectivity index (χ0v) is 7.43.